The van der Waals surface area contributed by atoms with Crippen molar-refractivity contribution in [1.29, 1.82) is 0 Å². The van der Waals surface area contributed by atoms with E-state index in [2.05, 4.69) is 4.74 Å². The van der Waals surface area contributed by atoms with E-state index in [9.17, 15) is 14.4 Å². The molecule has 0 aliphatic heterocycles. The molecule has 0 bridgehead atoms. The summed E-state index contributed by atoms with van der Waals surface area (Å²) in [5, 5.41) is 0. The summed E-state index contributed by atoms with van der Waals surface area (Å²) < 4.78 is 9.61. The summed E-state index contributed by atoms with van der Waals surface area (Å²) >= 11 is 0. The second kappa shape index (κ2) is 11.5. The van der Waals surface area contributed by atoms with Crippen molar-refractivity contribution in [2.24, 2.45) is 5.92 Å². The first-order valence-corrected chi connectivity index (χ1v) is 8.30. The molecule has 0 aromatic rings. The predicted octanol–water partition coefficient (Wildman–Crippen LogP) is 2.07. The van der Waals surface area contributed by atoms with E-state index >= 15 is 0 Å². The highest BCUT2D eigenvalue weighted by molar-refractivity contribution is 5.91. The maximum Gasteiger partial charge on any atom is 0.331 e. The third kappa shape index (κ3) is 7.02. The van der Waals surface area contributed by atoms with Crippen LogP contribution in [0.4, 0.5) is 4.79 Å². The molecule has 0 fully saturated rings. The molecule has 138 valence electrons. The molecule has 0 radical (unpaired) electrons. The highest BCUT2D eigenvalue weighted by Crippen LogP contribution is 2.14. The van der Waals surface area contributed by atoms with Gasteiger partial charge in [-0.2, -0.15) is 0 Å². The van der Waals surface area contributed by atoms with Crippen LogP contribution >= 0.6 is 0 Å². The van der Waals surface area contributed by atoms with E-state index in [1.54, 1.807) is 9.80 Å². The van der Waals surface area contributed by atoms with Gasteiger partial charge in [0.15, 0.2) is 0 Å². The molecule has 0 unspecified atom stereocenters. The second-order valence-corrected chi connectivity index (χ2v) is 5.54. The fourth-order valence-corrected chi connectivity index (χ4v) is 2.25. The number of esters is 2. The van der Waals surface area contributed by atoms with E-state index in [4.69, 9.17) is 4.74 Å². The maximum atomic E-state index is 12.6. The molecular formula is C17H30N2O5. The quantitative estimate of drug-likeness (QED) is 0.473. The minimum Gasteiger partial charge on any atom is -0.466 e. The first kappa shape index (κ1) is 21.9. The Hall–Kier alpha value is -2.05. The van der Waals surface area contributed by atoms with Crippen LogP contribution < -0.4 is 0 Å². The van der Waals surface area contributed by atoms with Crippen LogP contribution in [0.3, 0.4) is 0 Å². The number of nitrogens with zero attached hydrogens (tertiary/aromatic N) is 2. The molecule has 0 saturated heterocycles. The van der Waals surface area contributed by atoms with Gasteiger partial charge in [-0.15, -0.1) is 0 Å². The average Bonchev–Trinajstić information content (AvgIpc) is 2.56. The molecule has 0 spiro atoms. The van der Waals surface area contributed by atoms with Gasteiger partial charge < -0.3 is 19.3 Å². The van der Waals surface area contributed by atoms with E-state index in [0.29, 0.717) is 19.6 Å². The summed E-state index contributed by atoms with van der Waals surface area (Å²) in [6, 6.07) is -0.305. The molecule has 2 amide bonds. The Morgan fingerprint density at radius 2 is 1.50 bits per heavy atom. The van der Waals surface area contributed by atoms with Gasteiger partial charge in [-0.05, 0) is 26.7 Å². The molecule has 0 aromatic heterocycles. The Kier molecular flexibility index (Phi) is 10.5. The fourth-order valence-electron chi connectivity index (χ4n) is 2.25. The summed E-state index contributed by atoms with van der Waals surface area (Å²) in [7, 11) is 1.23. The van der Waals surface area contributed by atoms with Crippen LogP contribution in [0.5, 0.6) is 0 Å². The van der Waals surface area contributed by atoms with Gasteiger partial charge in [-0.3, -0.25) is 0 Å². The van der Waals surface area contributed by atoms with Crippen molar-refractivity contribution in [2.75, 3.05) is 33.4 Å². The van der Waals surface area contributed by atoms with E-state index < -0.39 is 11.9 Å². The van der Waals surface area contributed by atoms with Gasteiger partial charge in [0, 0.05) is 31.8 Å². The SMILES string of the molecule is CCN(CC)C(=O)N(CC)[C@H](COC(=O)/C=C/C(=O)OC)C(C)C. The standard InChI is InChI=1S/C17H30N2O5/c1-7-18(8-2)17(22)19(9-3)14(13(4)5)12-24-16(21)11-10-15(20)23-6/h10-11,13-14H,7-9,12H2,1-6H3/b11-10+/t14-/m1/s1. The van der Waals surface area contributed by atoms with Crippen LogP contribution in [-0.2, 0) is 19.1 Å². The summed E-state index contributed by atoms with van der Waals surface area (Å²) in [5.41, 5.74) is 0. The summed E-state index contributed by atoms with van der Waals surface area (Å²) in [5.74, 6) is -1.15. The Balaban J connectivity index is 4.94. The van der Waals surface area contributed by atoms with Crippen molar-refractivity contribution in [3.05, 3.63) is 12.2 Å². The minimum absolute atomic E-state index is 0.0673. The molecule has 1 atom stereocenters. The number of methoxy groups -OCH3 is 1. The monoisotopic (exact) mass is 342 g/mol. The van der Waals surface area contributed by atoms with Crippen LogP contribution in [0.15, 0.2) is 12.2 Å². The van der Waals surface area contributed by atoms with Crippen LogP contribution in [-0.4, -0.2) is 67.2 Å². The van der Waals surface area contributed by atoms with Crippen molar-refractivity contribution in [3.63, 3.8) is 0 Å². The van der Waals surface area contributed by atoms with Gasteiger partial charge in [-0.1, -0.05) is 13.8 Å². The number of hydrogen-bond donors (Lipinski definition) is 0. The molecule has 0 N–H and O–H groups in total. The zero-order chi connectivity index (χ0) is 18.7. The number of ether oxygens (including phenoxy) is 2. The zero-order valence-electron chi connectivity index (χ0n) is 15.6. The van der Waals surface area contributed by atoms with E-state index in [0.717, 1.165) is 12.2 Å². The molecule has 0 rings (SSSR count). The van der Waals surface area contributed by atoms with E-state index in [-0.39, 0.29) is 24.6 Å². The molecule has 0 aromatic carbocycles. The number of likely N-dealkylation sites (N-methyl/N-ethyl adjacent to an activating group) is 1. The maximum absolute atomic E-state index is 12.6. The topological polar surface area (TPSA) is 76.2 Å². The molecule has 7 nitrogen and oxygen atoms in total. The van der Waals surface area contributed by atoms with Crippen molar-refractivity contribution in [2.45, 2.75) is 40.7 Å². The van der Waals surface area contributed by atoms with Crippen molar-refractivity contribution in [3.8, 4) is 0 Å². The number of carbonyl (C=O) groups excluding carboxylic acids is 3. The van der Waals surface area contributed by atoms with E-state index in [1.165, 1.54) is 7.11 Å². The number of amides is 2. The fraction of sp³-hybridized carbons (Fsp3) is 0.706. The summed E-state index contributed by atoms with van der Waals surface area (Å²) in [6.45, 7) is 11.5. The number of rotatable bonds is 9. The predicted molar refractivity (Wildman–Crippen MR) is 91.4 cm³/mol. The molecule has 7 heteroatoms. The highest BCUT2D eigenvalue weighted by atomic mass is 16.5. The lowest BCUT2D eigenvalue weighted by Gasteiger charge is -2.36. The molecule has 0 saturated carbocycles. The van der Waals surface area contributed by atoms with Crippen LogP contribution in [0.1, 0.15) is 34.6 Å². The van der Waals surface area contributed by atoms with Crippen molar-refractivity contribution in [1.82, 2.24) is 9.80 Å². The molecular weight excluding hydrogens is 312 g/mol. The third-order valence-corrected chi connectivity index (χ3v) is 3.74. The molecule has 24 heavy (non-hydrogen) atoms. The van der Waals surface area contributed by atoms with Gasteiger partial charge in [0.25, 0.3) is 0 Å². The van der Waals surface area contributed by atoms with Gasteiger partial charge in [0.05, 0.1) is 13.2 Å². The van der Waals surface area contributed by atoms with Gasteiger partial charge >= 0.3 is 18.0 Å². The molecule has 0 heterocycles. The van der Waals surface area contributed by atoms with Gasteiger partial charge in [0.1, 0.15) is 6.61 Å². The minimum atomic E-state index is -0.641. The normalized spacial score (nSPS) is 12.1. The highest BCUT2D eigenvalue weighted by Gasteiger charge is 2.28. The largest absolute Gasteiger partial charge is 0.466 e. The lowest BCUT2D eigenvalue weighted by Crippen LogP contribution is -2.51. The van der Waals surface area contributed by atoms with Crippen LogP contribution in [0.2, 0.25) is 0 Å². The van der Waals surface area contributed by atoms with Crippen LogP contribution in [0.25, 0.3) is 0 Å². The lowest BCUT2D eigenvalue weighted by molar-refractivity contribution is -0.141. The first-order valence-electron chi connectivity index (χ1n) is 8.30. The Morgan fingerprint density at radius 1 is 0.958 bits per heavy atom. The van der Waals surface area contributed by atoms with E-state index in [1.807, 2.05) is 34.6 Å². The lowest BCUT2D eigenvalue weighted by atomic mass is 10.0. The summed E-state index contributed by atoms with van der Waals surface area (Å²) in [6.07, 6.45) is 2.02. The Bertz CT molecular complexity index is 444. The molecule has 0 aliphatic rings. The zero-order valence-corrected chi connectivity index (χ0v) is 15.6. The average molecular weight is 342 g/mol. The number of hydrogen-bond acceptors (Lipinski definition) is 5. The first-order chi connectivity index (χ1) is 11.3. The van der Waals surface area contributed by atoms with Crippen LogP contribution in [0, 0.1) is 5.92 Å². The smallest absolute Gasteiger partial charge is 0.331 e. The van der Waals surface area contributed by atoms with Crippen molar-refractivity contribution < 1.29 is 23.9 Å². The molecule has 0 aliphatic carbocycles. The summed E-state index contributed by atoms with van der Waals surface area (Å²) in [4.78, 5) is 38.7. The number of urea groups is 1. The third-order valence-electron chi connectivity index (χ3n) is 3.74. The van der Waals surface area contributed by atoms with Gasteiger partial charge in [0.2, 0.25) is 0 Å². The Labute approximate surface area is 144 Å². The Morgan fingerprint density at radius 3 is 1.92 bits per heavy atom. The van der Waals surface area contributed by atoms with Crippen molar-refractivity contribution >= 4 is 18.0 Å². The number of carbonyl (C=O) groups is 3. The van der Waals surface area contributed by atoms with Gasteiger partial charge in [-0.25, -0.2) is 14.4 Å². The second-order valence-electron chi connectivity index (χ2n) is 5.54.